The van der Waals surface area contributed by atoms with Crippen molar-refractivity contribution in [2.45, 2.75) is 26.4 Å². The van der Waals surface area contributed by atoms with E-state index in [0.29, 0.717) is 6.04 Å². The van der Waals surface area contributed by atoms with E-state index in [2.05, 4.69) is 36.3 Å². The van der Waals surface area contributed by atoms with Crippen LogP contribution in [0.2, 0.25) is 0 Å². The Morgan fingerprint density at radius 2 is 2.00 bits per heavy atom. The molecule has 0 saturated carbocycles. The fourth-order valence-corrected chi connectivity index (χ4v) is 2.35. The van der Waals surface area contributed by atoms with Crippen molar-refractivity contribution in [3.05, 3.63) is 54.6 Å². The maximum absolute atomic E-state index is 5.64. The molecule has 0 bridgehead atoms. The first-order valence-corrected chi connectivity index (χ1v) is 6.89. The predicted molar refractivity (Wildman–Crippen MR) is 81.4 cm³/mol. The average Bonchev–Trinajstić information content (AvgIpc) is 2.92. The summed E-state index contributed by atoms with van der Waals surface area (Å²) in [6.45, 7) is 4.99. The Morgan fingerprint density at radius 3 is 2.85 bits per heavy atom. The van der Waals surface area contributed by atoms with E-state index in [-0.39, 0.29) is 0 Å². The number of fused-ring (bicyclic) bond motifs is 1. The number of hydrogen-bond acceptors (Lipinski definition) is 3. The van der Waals surface area contributed by atoms with Gasteiger partial charge >= 0.3 is 0 Å². The Bertz CT molecular complexity index is 710. The minimum atomic E-state index is 0.433. The van der Waals surface area contributed by atoms with Crippen molar-refractivity contribution in [2.24, 2.45) is 0 Å². The topological polar surface area (TPSA) is 38.1 Å². The molecule has 2 aromatic heterocycles. The molecule has 0 aliphatic carbocycles. The molecule has 0 amide bonds. The highest BCUT2D eigenvalue weighted by molar-refractivity contribution is 5.94. The van der Waals surface area contributed by atoms with Gasteiger partial charge in [0.1, 0.15) is 5.76 Å². The van der Waals surface area contributed by atoms with E-state index in [1.54, 1.807) is 6.26 Å². The maximum Gasteiger partial charge on any atom is 0.125 e. The van der Waals surface area contributed by atoms with Gasteiger partial charge < -0.3 is 9.73 Å². The molecule has 2 heterocycles. The molecule has 3 nitrogen and oxygen atoms in total. The van der Waals surface area contributed by atoms with E-state index < -0.39 is 0 Å². The summed E-state index contributed by atoms with van der Waals surface area (Å²) < 4.78 is 5.64. The monoisotopic (exact) mass is 266 g/mol. The number of pyridine rings is 1. The first-order chi connectivity index (χ1) is 9.75. The normalized spacial score (nSPS) is 11.3. The molecular formula is C17H18N2O. The van der Waals surface area contributed by atoms with Gasteiger partial charge in [-0.25, -0.2) is 0 Å². The maximum atomic E-state index is 5.64. The van der Waals surface area contributed by atoms with E-state index in [0.717, 1.165) is 28.8 Å². The van der Waals surface area contributed by atoms with E-state index in [1.165, 1.54) is 5.56 Å². The van der Waals surface area contributed by atoms with Crippen molar-refractivity contribution in [1.29, 1.82) is 0 Å². The molecule has 102 valence electrons. The van der Waals surface area contributed by atoms with Crippen LogP contribution in [0.25, 0.3) is 22.0 Å². The second kappa shape index (κ2) is 5.47. The number of benzene rings is 1. The zero-order chi connectivity index (χ0) is 13.9. The average molecular weight is 266 g/mol. The molecule has 0 radical (unpaired) electrons. The number of hydrogen-bond donors (Lipinski definition) is 1. The number of nitrogens with one attached hydrogen (secondary N) is 1. The number of aromatic nitrogens is 1. The van der Waals surface area contributed by atoms with Crippen LogP contribution in [0.15, 0.2) is 53.3 Å². The summed E-state index contributed by atoms with van der Waals surface area (Å²) in [5, 5.41) is 4.55. The van der Waals surface area contributed by atoms with Crippen molar-refractivity contribution in [1.82, 2.24) is 10.3 Å². The molecule has 3 aromatic rings. The molecule has 1 aromatic carbocycles. The lowest BCUT2D eigenvalue weighted by atomic mass is 10.0. The fourth-order valence-electron chi connectivity index (χ4n) is 2.35. The second-order valence-electron chi connectivity index (χ2n) is 5.17. The lowest BCUT2D eigenvalue weighted by Gasteiger charge is -2.09. The zero-order valence-corrected chi connectivity index (χ0v) is 11.8. The third-order valence-corrected chi connectivity index (χ3v) is 3.35. The van der Waals surface area contributed by atoms with Crippen LogP contribution >= 0.6 is 0 Å². The van der Waals surface area contributed by atoms with Crippen LogP contribution < -0.4 is 5.32 Å². The van der Waals surface area contributed by atoms with Crippen LogP contribution in [-0.4, -0.2) is 11.0 Å². The highest BCUT2D eigenvalue weighted by Gasteiger charge is 2.11. The summed E-state index contributed by atoms with van der Waals surface area (Å²) in [7, 11) is 0. The molecule has 0 fully saturated rings. The van der Waals surface area contributed by atoms with Crippen molar-refractivity contribution in [3.8, 4) is 11.1 Å². The van der Waals surface area contributed by atoms with Gasteiger partial charge in [0.25, 0.3) is 0 Å². The Balaban J connectivity index is 2.05. The summed E-state index contributed by atoms with van der Waals surface area (Å²) >= 11 is 0. The highest BCUT2D eigenvalue weighted by Crippen LogP contribution is 2.30. The van der Waals surface area contributed by atoms with Crippen molar-refractivity contribution in [2.75, 3.05) is 0 Å². The third kappa shape index (κ3) is 2.45. The second-order valence-corrected chi connectivity index (χ2v) is 5.17. The van der Waals surface area contributed by atoms with E-state index in [1.807, 2.05) is 30.5 Å². The van der Waals surface area contributed by atoms with Crippen molar-refractivity contribution in [3.63, 3.8) is 0 Å². The van der Waals surface area contributed by atoms with Crippen LogP contribution in [-0.2, 0) is 6.54 Å². The van der Waals surface area contributed by atoms with E-state index in [9.17, 15) is 0 Å². The number of furan rings is 1. The molecule has 0 aliphatic rings. The summed E-state index contributed by atoms with van der Waals surface area (Å²) in [6.07, 6.45) is 3.57. The van der Waals surface area contributed by atoms with Gasteiger partial charge in [-0.2, -0.15) is 0 Å². The molecule has 0 unspecified atom stereocenters. The number of nitrogens with zero attached hydrogens (tertiary/aromatic N) is 1. The van der Waals surface area contributed by atoms with Crippen molar-refractivity contribution >= 4 is 10.9 Å². The summed E-state index contributed by atoms with van der Waals surface area (Å²) in [4.78, 5) is 4.41. The van der Waals surface area contributed by atoms with Crippen LogP contribution in [0, 0.1) is 0 Å². The van der Waals surface area contributed by atoms with Crippen LogP contribution in [0.3, 0.4) is 0 Å². The van der Waals surface area contributed by atoms with Gasteiger partial charge in [-0.1, -0.05) is 32.0 Å². The minimum absolute atomic E-state index is 0.433. The quantitative estimate of drug-likeness (QED) is 0.775. The standard InChI is InChI=1S/C17H18N2O/c1-12(2)19-11-17-15(8-10-20-17)13-5-3-7-16-14(13)6-4-9-18-16/h3-10,12,19H,11H2,1-2H3. The predicted octanol–water partition coefficient (Wildman–Crippen LogP) is 3.99. The molecule has 3 rings (SSSR count). The van der Waals surface area contributed by atoms with Crippen LogP contribution in [0.4, 0.5) is 0 Å². The van der Waals surface area contributed by atoms with Crippen LogP contribution in [0.5, 0.6) is 0 Å². The summed E-state index contributed by atoms with van der Waals surface area (Å²) in [6, 6.07) is 12.7. The number of rotatable bonds is 4. The first-order valence-electron chi connectivity index (χ1n) is 6.89. The van der Waals surface area contributed by atoms with E-state index >= 15 is 0 Å². The van der Waals surface area contributed by atoms with Gasteiger partial charge in [-0.3, -0.25) is 4.98 Å². The lowest BCUT2D eigenvalue weighted by Crippen LogP contribution is -2.21. The highest BCUT2D eigenvalue weighted by atomic mass is 16.3. The fraction of sp³-hybridized carbons (Fsp3) is 0.235. The van der Waals surface area contributed by atoms with Gasteiger partial charge in [-0.05, 0) is 23.8 Å². The Labute approximate surface area is 118 Å². The lowest BCUT2D eigenvalue weighted by molar-refractivity contribution is 0.466. The van der Waals surface area contributed by atoms with Gasteiger partial charge in [0.15, 0.2) is 0 Å². The van der Waals surface area contributed by atoms with Crippen molar-refractivity contribution < 1.29 is 4.42 Å². The largest absolute Gasteiger partial charge is 0.467 e. The van der Waals surface area contributed by atoms with Gasteiger partial charge in [0.2, 0.25) is 0 Å². The molecule has 1 N–H and O–H groups in total. The summed E-state index contributed by atoms with van der Waals surface area (Å²) in [5.74, 6) is 0.968. The van der Waals surface area contributed by atoms with Gasteiger partial charge in [0.05, 0.1) is 18.3 Å². The molecule has 0 saturated heterocycles. The summed E-state index contributed by atoms with van der Waals surface area (Å²) in [5.41, 5.74) is 3.32. The van der Waals surface area contributed by atoms with Gasteiger partial charge in [-0.15, -0.1) is 0 Å². The molecule has 0 atom stereocenters. The Kier molecular flexibility index (Phi) is 3.52. The Morgan fingerprint density at radius 1 is 1.10 bits per heavy atom. The molecule has 20 heavy (non-hydrogen) atoms. The minimum Gasteiger partial charge on any atom is -0.467 e. The zero-order valence-electron chi connectivity index (χ0n) is 11.8. The third-order valence-electron chi connectivity index (χ3n) is 3.35. The molecular weight excluding hydrogens is 248 g/mol. The smallest absolute Gasteiger partial charge is 0.125 e. The SMILES string of the molecule is CC(C)NCc1occc1-c1cccc2ncccc12. The molecule has 0 spiro atoms. The van der Waals surface area contributed by atoms with Gasteiger partial charge in [0, 0.05) is 23.2 Å². The molecule has 0 aliphatic heterocycles. The van der Waals surface area contributed by atoms with E-state index in [4.69, 9.17) is 4.42 Å². The first kappa shape index (κ1) is 12.9. The Hall–Kier alpha value is -2.13. The molecule has 3 heteroatoms. The van der Waals surface area contributed by atoms with Crippen LogP contribution in [0.1, 0.15) is 19.6 Å².